The molecule has 236 valence electrons. The topological polar surface area (TPSA) is 68.2 Å². The van der Waals surface area contributed by atoms with Crippen LogP contribution in [0.1, 0.15) is 94.0 Å². The molecule has 0 bridgehead atoms. The van der Waals surface area contributed by atoms with E-state index in [0.717, 1.165) is 47.4 Å². The predicted octanol–water partition coefficient (Wildman–Crippen LogP) is 8.73. The molecule has 6 rings (SSSR count). The number of anilines is 1. The van der Waals surface area contributed by atoms with Crippen molar-refractivity contribution in [2.75, 3.05) is 12.0 Å². The van der Waals surface area contributed by atoms with Crippen molar-refractivity contribution < 1.29 is 19.1 Å². The summed E-state index contributed by atoms with van der Waals surface area (Å²) in [6, 6.07) is 19.9. The zero-order valence-electron chi connectivity index (χ0n) is 26.9. The molecule has 0 radical (unpaired) electrons. The van der Waals surface area contributed by atoms with Gasteiger partial charge in [-0.05, 0) is 122 Å². The Bertz CT molecular complexity index is 1600. The molecule has 3 aliphatic rings. The largest absolute Gasteiger partial charge is 0.493 e. The quantitative estimate of drug-likeness (QED) is 0.263. The molecule has 5 atom stereocenters. The highest BCUT2D eigenvalue weighted by molar-refractivity contribution is 6.30. The molecule has 2 saturated carbocycles. The van der Waals surface area contributed by atoms with Gasteiger partial charge in [-0.15, -0.1) is 0 Å². The molecule has 2 aliphatic carbocycles. The summed E-state index contributed by atoms with van der Waals surface area (Å²) in [5.74, 6) is 3.21. The van der Waals surface area contributed by atoms with Gasteiger partial charge in [0.1, 0.15) is 0 Å². The molecule has 3 aromatic carbocycles. The first-order valence-electron chi connectivity index (χ1n) is 16.3. The van der Waals surface area contributed by atoms with Gasteiger partial charge in [0.15, 0.2) is 11.5 Å². The minimum Gasteiger partial charge on any atom is -0.493 e. The van der Waals surface area contributed by atoms with E-state index in [4.69, 9.17) is 21.1 Å². The van der Waals surface area contributed by atoms with Crippen molar-refractivity contribution in [3.8, 4) is 11.5 Å². The number of nitrogens with zero attached hydrogens (tertiary/aromatic N) is 2. The molecule has 0 saturated heterocycles. The Morgan fingerprint density at radius 3 is 2.40 bits per heavy atom. The van der Waals surface area contributed by atoms with Gasteiger partial charge in [0, 0.05) is 29.3 Å². The van der Waals surface area contributed by atoms with Gasteiger partial charge in [0.2, 0.25) is 11.8 Å². The molecule has 1 aliphatic heterocycles. The van der Waals surface area contributed by atoms with Crippen molar-refractivity contribution in [3.05, 3.63) is 87.9 Å². The Morgan fingerprint density at radius 1 is 1.00 bits per heavy atom. The van der Waals surface area contributed by atoms with Gasteiger partial charge in [0.05, 0.1) is 25.7 Å². The van der Waals surface area contributed by atoms with Crippen LogP contribution in [0.15, 0.2) is 65.7 Å². The lowest BCUT2D eigenvalue weighted by molar-refractivity contribution is -0.119. The summed E-state index contributed by atoms with van der Waals surface area (Å²) in [5.41, 5.74) is 6.19. The smallest absolute Gasteiger partial charge is 0.242 e. The number of rotatable bonds is 7. The van der Waals surface area contributed by atoms with Crippen LogP contribution in [-0.2, 0) is 16.0 Å². The lowest BCUT2D eigenvalue weighted by Gasteiger charge is -2.38. The van der Waals surface area contributed by atoms with Crippen LogP contribution in [0.2, 0.25) is 5.02 Å². The average Bonchev–Trinajstić information content (AvgIpc) is 3.46. The summed E-state index contributed by atoms with van der Waals surface area (Å²) in [6.45, 7) is 7.87. The fourth-order valence-corrected chi connectivity index (χ4v) is 8.04. The van der Waals surface area contributed by atoms with E-state index in [-0.39, 0.29) is 30.4 Å². The number of benzene rings is 3. The van der Waals surface area contributed by atoms with Crippen LogP contribution in [0.3, 0.4) is 0 Å². The summed E-state index contributed by atoms with van der Waals surface area (Å²) >= 11 is 6.29. The van der Waals surface area contributed by atoms with Crippen LogP contribution < -0.4 is 14.4 Å². The SMILES string of the molecule is COc1cc2c(cc1OC(C)C)[C@H](c1ccc(Cl)cc1)N(c1ccc(C(C)C3CC4CCCC(=NC(C)=O)C4C3)cc1)C(=O)C2. The second-order valence-electron chi connectivity index (χ2n) is 13.3. The van der Waals surface area contributed by atoms with E-state index in [1.54, 1.807) is 14.0 Å². The second-order valence-corrected chi connectivity index (χ2v) is 13.7. The number of ether oxygens (including phenoxy) is 2. The fraction of sp³-hybridized carbons (Fsp3) is 0.447. The molecule has 3 aromatic rings. The van der Waals surface area contributed by atoms with Crippen molar-refractivity contribution >= 4 is 34.8 Å². The van der Waals surface area contributed by atoms with E-state index < -0.39 is 0 Å². The number of hydrogen-bond acceptors (Lipinski definition) is 4. The number of halogens is 1. The average molecular weight is 627 g/mol. The monoisotopic (exact) mass is 626 g/mol. The van der Waals surface area contributed by atoms with Gasteiger partial charge in [-0.25, -0.2) is 4.99 Å². The van der Waals surface area contributed by atoms with Crippen molar-refractivity contribution in [2.24, 2.45) is 22.7 Å². The zero-order valence-corrected chi connectivity index (χ0v) is 27.6. The summed E-state index contributed by atoms with van der Waals surface area (Å²) in [7, 11) is 1.63. The lowest BCUT2D eigenvalue weighted by Crippen LogP contribution is -2.41. The first-order valence-corrected chi connectivity index (χ1v) is 16.6. The molecule has 4 unspecified atom stereocenters. The highest BCUT2D eigenvalue weighted by Gasteiger charge is 2.41. The van der Waals surface area contributed by atoms with E-state index in [2.05, 4.69) is 36.2 Å². The third-order valence-corrected chi connectivity index (χ3v) is 10.3. The number of methoxy groups -OCH3 is 1. The summed E-state index contributed by atoms with van der Waals surface area (Å²) in [5, 5.41) is 0.649. The molecule has 2 amide bonds. The van der Waals surface area contributed by atoms with Crippen LogP contribution in [0.5, 0.6) is 11.5 Å². The number of aliphatic imine (C=N–C) groups is 1. The van der Waals surface area contributed by atoms with E-state index in [9.17, 15) is 9.59 Å². The second kappa shape index (κ2) is 13.0. The maximum atomic E-state index is 13.9. The Hall–Kier alpha value is -3.64. The third-order valence-electron chi connectivity index (χ3n) is 10.0. The van der Waals surface area contributed by atoms with Crippen molar-refractivity contribution in [1.82, 2.24) is 0 Å². The third kappa shape index (κ3) is 6.40. The molecular weight excluding hydrogens is 584 g/mol. The van der Waals surface area contributed by atoms with E-state index in [0.29, 0.717) is 40.2 Å². The molecular formula is C38H43ClN2O4. The summed E-state index contributed by atoms with van der Waals surface area (Å²) in [6.07, 6.45) is 5.81. The molecule has 1 heterocycles. The molecule has 0 spiro atoms. The zero-order chi connectivity index (χ0) is 31.8. The van der Waals surface area contributed by atoms with Crippen LogP contribution in [0.4, 0.5) is 5.69 Å². The number of carbonyl (C=O) groups excluding carboxylic acids is 2. The molecule has 2 fully saturated rings. The fourth-order valence-electron chi connectivity index (χ4n) is 7.91. The van der Waals surface area contributed by atoms with Crippen molar-refractivity contribution in [1.29, 1.82) is 0 Å². The maximum Gasteiger partial charge on any atom is 0.242 e. The Balaban J connectivity index is 1.32. The first-order chi connectivity index (χ1) is 21.6. The standard InChI is InChI=1S/C38H43ClN2O4/c1-22(2)45-36-21-33-29(19-35(36)44-5)20-37(43)41(38(33)26-9-13-30(39)14-10-26)31-15-11-25(12-16-31)23(3)28-17-27-7-6-8-34(32(27)18-28)40-24(4)42/h9-16,19,21-23,27-28,32,38H,6-8,17-18,20H2,1-5H3/t23?,27?,28?,32?,38-/m0/s1. The Labute approximate surface area is 271 Å². The predicted molar refractivity (Wildman–Crippen MR) is 180 cm³/mol. The molecule has 6 nitrogen and oxygen atoms in total. The normalized spacial score (nSPS) is 24.4. The lowest BCUT2D eigenvalue weighted by atomic mass is 9.80. The molecule has 45 heavy (non-hydrogen) atoms. The van der Waals surface area contributed by atoms with E-state index >= 15 is 0 Å². The number of hydrogen-bond donors (Lipinski definition) is 0. The van der Waals surface area contributed by atoms with E-state index in [1.165, 1.54) is 18.4 Å². The van der Waals surface area contributed by atoms with Gasteiger partial charge >= 0.3 is 0 Å². The van der Waals surface area contributed by atoms with Gasteiger partial charge in [-0.1, -0.05) is 42.8 Å². The van der Waals surface area contributed by atoms with Crippen LogP contribution in [-0.4, -0.2) is 30.7 Å². The van der Waals surface area contributed by atoms with Gasteiger partial charge in [-0.3, -0.25) is 9.59 Å². The molecule has 0 N–H and O–H groups in total. The summed E-state index contributed by atoms with van der Waals surface area (Å²) in [4.78, 5) is 32.0. The van der Waals surface area contributed by atoms with Gasteiger partial charge in [0.25, 0.3) is 0 Å². The summed E-state index contributed by atoms with van der Waals surface area (Å²) < 4.78 is 11.8. The molecule has 7 heteroatoms. The number of fused-ring (bicyclic) bond motifs is 2. The molecule has 0 aromatic heterocycles. The van der Waals surface area contributed by atoms with Crippen molar-refractivity contribution in [2.45, 2.75) is 84.3 Å². The highest BCUT2D eigenvalue weighted by atomic mass is 35.5. The Kier molecular flexibility index (Phi) is 9.05. The van der Waals surface area contributed by atoms with Crippen LogP contribution in [0.25, 0.3) is 0 Å². The van der Waals surface area contributed by atoms with Crippen molar-refractivity contribution in [3.63, 3.8) is 0 Å². The first kappa shape index (κ1) is 31.3. The Morgan fingerprint density at radius 2 is 1.73 bits per heavy atom. The van der Waals surface area contributed by atoms with Crippen LogP contribution >= 0.6 is 11.6 Å². The van der Waals surface area contributed by atoms with Gasteiger partial charge < -0.3 is 14.4 Å². The minimum absolute atomic E-state index is 0.0278. The maximum absolute atomic E-state index is 13.9. The highest BCUT2D eigenvalue weighted by Crippen LogP contribution is 2.49. The number of carbonyl (C=O) groups is 2. The number of amides is 2. The van der Waals surface area contributed by atoms with Gasteiger partial charge in [-0.2, -0.15) is 0 Å². The van der Waals surface area contributed by atoms with Crippen LogP contribution in [0, 0.1) is 17.8 Å². The van der Waals surface area contributed by atoms with E-state index in [1.807, 2.05) is 55.1 Å². The minimum atomic E-state index is -0.348.